The van der Waals surface area contributed by atoms with E-state index in [-0.39, 0.29) is 0 Å². The van der Waals surface area contributed by atoms with Gasteiger partial charge in [-0.05, 0) is 50.9 Å². The van der Waals surface area contributed by atoms with Crippen molar-refractivity contribution in [2.45, 2.75) is 50.9 Å². The number of rotatable bonds is 2. The zero-order valence-corrected chi connectivity index (χ0v) is 10.3. The van der Waals surface area contributed by atoms with Crippen LogP contribution >= 0.6 is 0 Å². The van der Waals surface area contributed by atoms with Gasteiger partial charge >= 0.3 is 0 Å². The zero-order valence-electron chi connectivity index (χ0n) is 10.3. The average molecular weight is 228 g/mol. The van der Waals surface area contributed by atoms with Crippen LogP contribution in [0.1, 0.15) is 55.8 Å². The Kier molecular flexibility index (Phi) is 3.21. The maximum absolute atomic E-state index is 4.58. The molecular weight excluding hydrogens is 208 g/mol. The highest BCUT2D eigenvalue weighted by Gasteiger charge is 2.24. The molecule has 0 amide bonds. The van der Waals surface area contributed by atoms with E-state index in [2.05, 4.69) is 22.1 Å². The maximum Gasteiger partial charge on any atom is 0.0649 e. The topological polar surface area (TPSA) is 25.8 Å². The third kappa shape index (κ3) is 2.41. The number of hydrogen-bond donors (Lipinski definition) is 0. The van der Waals surface area contributed by atoms with Crippen LogP contribution in [-0.2, 0) is 6.42 Å². The molecule has 0 saturated carbocycles. The summed E-state index contributed by atoms with van der Waals surface area (Å²) in [6.45, 7) is 0. The smallest absolute Gasteiger partial charge is 0.0649 e. The number of aromatic nitrogens is 2. The fraction of sp³-hybridized carbons (Fsp3) is 0.600. The Morgan fingerprint density at radius 1 is 1.12 bits per heavy atom. The molecule has 0 fully saturated rings. The Balaban J connectivity index is 1.76. The van der Waals surface area contributed by atoms with E-state index in [0.717, 1.165) is 12.3 Å². The fourth-order valence-electron chi connectivity index (χ4n) is 3.24. The zero-order chi connectivity index (χ0) is 11.5. The molecule has 17 heavy (non-hydrogen) atoms. The molecular formula is C15H20N2. The fourth-order valence-corrected chi connectivity index (χ4v) is 3.24. The van der Waals surface area contributed by atoms with Crippen molar-refractivity contribution in [3.8, 4) is 0 Å². The maximum atomic E-state index is 4.58. The van der Waals surface area contributed by atoms with Gasteiger partial charge in [-0.2, -0.15) is 0 Å². The van der Waals surface area contributed by atoms with Gasteiger partial charge in [-0.15, -0.1) is 0 Å². The van der Waals surface area contributed by atoms with Gasteiger partial charge in [0, 0.05) is 18.3 Å². The summed E-state index contributed by atoms with van der Waals surface area (Å²) in [4.78, 5) is 9.06. The second-order valence-corrected chi connectivity index (χ2v) is 5.33. The standard InChI is InChI=1S/C15H20N2/c1-2-5-12(6-3-1)11-13-7-4-8-14-15(13)17-10-9-16-14/h2,5,9-10,12-13H,1,3-4,6-8,11H2/t12-,13?/m0/s1. The average Bonchev–Trinajstić information content (AvgIpc) is 2.40. The van der Waals surface area contributed by atoms with Crippen LogP contribution in [0.2, 0.25) is 0 Å². The normalized spacial score (nSPS) is 27.8. The highest BCUT2D eigenvalue weighted by Crippen LogP contribution is 2.36. The van der Waals surface area contributed by atoms with E-state index in [4.69, 9.17) is 0 Å². The minimum atomic E-state index is 0.653. The Bertz CT molecular complexity index is 411. The molecule has 0 N–H and O–H groups in total. The van der Waals surface area contributed by atoms with Crippen LogP contribution in [0.15, 0.2) is 24.5 Å². The molecule has 1 unspecified atom stereocenters. The van der Waals surface area contributed by atoms with E-state index in [0.29, 0.717) is 5.92 Å². The molecule has 0 saturated heterocycles. The first-order valence-electron chi connectivity index (χ1n) is 6.90. The molecule has 0 aliphatic heterocycles. The van der Waals surface area contributed by atoms with Crippen LogP contribution in [0.5, 0.6) is 0 Å². The van der Waals surface area contributed by atoms with Crippen LogP contribution < -0.4 is 0 Å². The van der Waals surface area contributed by atoms with Crippen LogP contribution in [0, 0.1) is 5.92 Å². The van der Waals surface area contributed by atoms with E-state index in [9.17, 15) is 0 Å². The van der Waals surface area contributed by atoms with E-state index in [1.54, 1.807) is 0 Å². The van der Waals surface area contributed by atoms with Gasteiger partial charge in [-0.1, -0.05) is 12.2 Å². The van der Waals surface area contributed by atoms with Crippen molar-refractivity contribution < 1.29 is 0 Å². The molecule has 2 aliphatic rings. The number of fused-ring (bicyclic) bond motifs is 1. The lowest BCUT2D eigenvalue weighted by Crippen LogP contribution is -2.16. The second-order valence-electron chi connectivity index (χ2n) is 5.33. The van der Waals surface area contributed by atoms with Crippen molar-refractivity contribution in [2.24, 2.45) is 5.92 Å². The summed E-state index contributed by atoms with van der Waals surface area (Å²) in [6, 6.07) is 0. The van der Waals surface area contributed by atoms with Crippen molar-refractivity contribution in [3.05, 3.63) is 35.9 Å². The molecule has 2 aliphatic carbocycles. The third-order valence-corrected chi connectivity index (χ3v) is 4.10. The van der Waals surface area contributed by atoms with Crippen LogP contribution in [-0.4, -0.2) is 9.97 Å². The second kappa shape index (κ2) is 4.99. The molecule has 1 heterocycles. The predicted octanol–water partition coefficient (Wildman–Crippen LogP) is 3.64. The first kappa shape index (κ1) is 10.9. The summed E-state index contributed by atoms with van der Waals surface area (Å²) in [6.07, 6.45) is 17.5. The van der Waals surface area contributed by atoms with E-state index in [1.807, 2.05) is 12.4 Å². The van der Waals surface area contributed by atoms with Crippen LogP contribution in [0.3, 0.4) is 0 Å². The Labute approximate surface area is 103 Å². The van der Waals surface area contributed by atoms with Gasteiger partial charge in [-0.3, -0.25) is 9.97 Å². The lowest BCUT2D eigenvalue weighted by atomic mass is 9.80. The van der Waals surface area contributed by atoms with Crippen molar-refractivity contribution in [1.82, 2.24) is 9.97 Å². The van der Waals surface area contributed by atoms with Gasteiger partial charge in [0.05, 0.1) is 11.4 Å². The summed E-state index contributed by atoms with van der Waals surface area (Å²) in [5.74, 6) is 1.43. The van der Waals surface area contributed by atoms with E-state index < -0.39 is 0 Å². The number of aryl methyl sites for hydroxylation is 1. The van der Waals surface area contributed by atoms with Gasteiger partial charge in [0.2, 0.25) is 0 Å². The summed E-state index contributed by atoms with van der Waals surface area (Å²) in [5.41, 5.74) is 2.54. The first-order valence-corrected chi connectivity index (χ1v) is 6.90. The highest BCUT2D eigenvalue weighted by molar-refractivity contribution is 5.19. The lowest BCUT2D eigenvalue weighted by molar-refractivity contribution is 0.410. The molecule has 1 aromatic rings. The van der Waals surface area contributed by atoms with E-state index in [1.165, 1.54) is 49.9 Å². The van der Waals surface area contributed by atoms with Crippen molar-refractivity contribution >= 4 is 0 Å². The number of allylic oxidation sites excluding steroid dienone is 2. The lowest BCUT2D eigenvalue weighted by Gasteiger charge is -2.27. The minimum Gasteiger partial charge on any atom is -0.258 e. The molecule has 0 spiro atoms. The van der Waals surface area contributed by atoms with E-state index >= 15 is 0 Å². The Morgan fingerprint density at radius 3 is 2.94 bits per heavy atom. The van der Waals surface area contributed by atoms with Gasteiger partial charge in [-0.25, -0.2) is 0 Å². The molecule has 0 aromatic carbocycles. The van der Waals surface area contributed by atoms with Gasteiger partial charge in [0.15, 0.2) is 0 Å². The van der Waals surface area contributed by atoms with Crippen molar-refractivity contribution in [3.63, 3.8) is 0 Å². The Morgan fingerprint density at radius 2 is 2.06 bits per heavy atom. The van der Waals surface area contributed by atoms with Crippen molar-refractivity contribution in [1.29, 1.82) is 0 Å². The molecule has 90 valence electrons. The summed E-state index contributed by atoms with van der Waals surface area (Å²) in [7, 11) is 0. The molecule has 2 atom stereocenters. The SMILES string of the molecule is C1=C[C@H](CC2CCCc3nccnc32)CCC1. The summed E-state index contributed by atoms with van der Waals surface area (Å²) < 4.78 is 0. The highest BCUT2D eigenvalue weighted by atomic mass is 14.8. The number of hydrogen-bond acceptors (Lipinski definition) is 2. The molecule has 2 nitrogen and oxygen atoms in total. The van der Waals surface area contributed by atoms with Crippen molar-refractivity contribution in [2.75, 3.05) is 0 Å². The molecule has 0 bridgehead atoms. The van der Waals surface area contributed by atoms with Crippen LogP contribution in [0.25, 0.3) is 0 Å². The van der Waals surface area contributed by atoms with Gasteiger partial charge < -0.3 is 0 Å². The quantitative estimate of drug-likeness (QED) is 0.722. The molecule has 2 heteroatoms. The predicted molar refractivity (Wildman–Crippen MR) is 68.8 cm³/mol. The number of nitrogens with zero attached hydrogens (tertiary/aromatic N) is 2. The molecule has 3 rings (SSSR count). The van der Waals surface area contributed by atoms with Gasteiger partial charge in [0.25, 0.3) is 0 Å². The molecule has 1 aromatic heterocycles. The Hall–Kier alpha value is -1.18. The van der Waals surface area contributed by atoms with Gasteiger partial charge in [0.1, 0.15) is 0 Å². The minimum absolute atomic E-state index is 0.653. The summed E-state index contributed by atoms with van der Waals surface area (Å²) >= 11 is 0. The summed E-state index contributed by atoms with van der Waals surface area (Å²) in [5, 5.41) is 0. The monoisotopic (exact) mass is 228 g/mol. The van der Waals surface area contributed by atoms with Crippen LogP contribution in [0.4, 0.5) is 0 Å². The third-order valence-electron chi connectivity index (χ3n) is 4.10. The largest absolute Gasteiger partial charge is 0.258 e. The molecule has 0 radical (unpaired) electrons. The first-order chi connectivity index (χ1) is 8.43.